The monoisotopic (exact) mass is 297 g/mol. The van der Waals surface area contributed by atoms with Crippen molar-refractivity contribution in [1.82, 2.24) is 9.97 Å². The fraction of sp³-hybridized carbons (Fsp3) is 0.231. The summed E-state index contributed by atoms with van der Waals surface area (Å²) < 4.78 is 5.61. The Balaban J connectivity index is 2.27. The summed E-state index contributed by atoms with van der Waals surface area (Å²) in [6, 6.07) is 6.51. The smallest absolute Gasteiger partial charge is 0.224 e. The van der Waals surface area contributed by atoms with Gasteiger partial charge in [0.1, 0.15) is 17.4 Å². The van der Waals surface area contributed by atoms with Crippen molar-refractivity contribution in [3.63, 3.8) is 0 Å². The Hall–Kier alpha value is -1.52. The minimum Gasteiger partial charge on any atom is -0.439 e. The van der Waals surface area contributed by atoms with Gasteiger partial charge in [0.05, 0.1) is 0 Å². The van der Waals surface area contributed by atoms with Crippen molar-refractivity contribution >= 4 is 29.0 Å². The fourth-order valence-corrected chi connectivity index (χ4v) is 2.09. The SMILES string of the molecule is CCCc1nc(N)cc(Oc2cc(Cl)cc(Cl)c2)n1. The van der Waals surface area contributed by atoms with Gasteiger partial charge in [-0.1, -0.05) is 30.1 Å². The van der Waals surface area contributed by atoms with Gasteiger partial charge in [-0.15, -0.1) is 0 Å². The van der Waals surface area contributed by atoms with E-state index in [2.05, 4.69) is 9.97 Å². The molecule has 0 aliphatic rings. The Morgan fingerprint density at radius 1 is 1.11 bits per heavy atom. The van der Waals surface area contributed by atoms with Crippen molar-refractivity contribution in [2.24, 2.45) is 0 Å². The lowest BCUT2D eigenvalue weighted by Gasteiger charge is -2.08. The molecule has 2 aromatic rings. The summed E-state index contributed by atoms with van der Waals surface area (Å²) in [5.41, 5.74) is 5.72. The van der Waals surface area contributed by atoms with Gasteiger partial charge < -0.3 is 10.5 Å². The maximum atomic E-state index is 5.91. The Labute approximate surface area is 121 Å². The van der Waals surface area contributed by atoms with Crippen LogP contribution in [0.25, 0.3) is 0 Å². The topological polar surface area (TPSA) is 61.0 Å². The molecule has 6 heteroatoms. The highest BCUT2D eigenvalue weighted by Gasteiger charge is 2.06. The van der Waals surface area contributed by atoms with Gasteiger partial charge >= 0.3 is 0 Å². The van der Waals surface area contributed by atoms with Crippen LogP contribution in [-0.2, 0) is 6.42 Å². The van der Waals surface area contributed by atoms with Crippen LogP contribution in [0, 0.1) is 0 Å². The van der Waals surface area contributed by atoms with E-state index in [-0.39, 0.29) is 0 Å². The van der Waals surface area contributed by atoms with Gasteiger partial charge in [0, 0.05) is 22.5 Å². The normalized spacial score (nSPS) is 10.5. The number of nitrogens with zero attached hydrogens (tertiary/aromatic N) is 2. The van der Waals surface area contributed by atoms with Gasteiger partial charge in [-0.05, 0) is 24.6 Å². The molecule has 1 heterocycles. The lowest BCUT2D eigenvalue weighted by atomic mass is 10.3. The number of ether oxygens (including phenoxy) is 1. The molecule has 2 rings (SSSR count). The number of hydrogen-bond acceptors (Lipinski definition) is 4. The maximum absolute atomic E-state index is 5.91. The van der Waals surface area contributed by atoms with Crippen molar-refractivity contribution in [2.75, 3.05) is 5.73 Å². The number of hydrogen-bond donors (Lipinski definition) is 1. The molecule has 0 spiro atoms. The van der Waals surface area contributed by atoms with Gasteiger partial charge in [0.2, 0.25) is 5.88 Å². The zero-order valence-electron chi connectivity index (χ0n) is 10.4. The second kappa shape index (κ2) is 6.08. The van der Waals surface area contributed by atoms with Crippen LogP contribution in [-0.4, -0.2) is 9.97 Å². The summed E-state index contributed by atoms with van der Waals surface area (Å²) in [4.78, 5) is 8.41. The molecule has 0 bridgehead atoms. The first-order valence-corrected chi connectivity index (χ1v) is 6.60. The lowest BCUT2D eigenvalue weighted by Crippen LogP contribution is -2.01. The van der Waals surface area contributed by atoms with Crippen LogP contribution in [0.1, 0.15) is 19.2 Å². The fourth-order valence-electron chi connectivity index (χ4n) is 1.59. The molecule has 0 amide bonds. The molecule has 1 aromatic heterocycles. The van der Waals surface area contributed by atoms with E-state index in [1.165, 1.54) is 0 Å². The van der Waals surface area contributed by atoms with Gasteiger partial charge in [0.15, 0.2) is 0 Å². The van der Waals surface area contributed by atoms with Crippen LogP contribution >= 0.6 is 23.2 Å². The number of rotatable bonds is 4. The third-order valence-corrected chi connectivity index (χ3v) is 2.74. The standard InChI is InChI=1S/C13H13Cl2N3O/c1-2-3-12-17-11(16)7-13(18-12)19-10-5-8(14)4-9(15)6-10/h4-7H,2-3H2,1H3,(H2,16,17,18). The molecular weight excluding hydrogens is 285 g/mol. The van der Waals surface area contributed by atoms with Gasteiger partial charge in [-0.25, -0.2) is 4.98 Å². The van der Waals surface area contributed by atoms with E-state index in [0.717, 1.165) is 12.8 Å². The minimum absolute atomic E-state index is 0.376. The molecule has 100 valence electrons. The lowest BCUT2D eigenvalue weighted by molar-refractivity contribution is 0.459. The molecule has 1 aromatic carbocycles. The van der Waals surface area contributed by atoms with Crippen LogP contribution in [0.4, 0.5) is 5.82 Å². The molecule has 0 saturated carbocycles. The van der Waals surface area contributed by atoms with E-state index in [1.807, 2.05) is 6.92 Å². The molecule has 0 saturated heterocycles. The van der Waals surface area contributed by atoms with Gasteiger partial charge in [-0.3, -0.25) is 0 Å². The van der Waals surface area contributed by atoms with Crippen LogP contribution in [0.5, 0.6) is 11.6 Å². The van der Waals surface area contributed by atoms with Crippen LogP contribution in [0.15, 0.2) is 24.3 Å². The summed E-state index contributed by atoms with van der Waals surface area (Å²) >= 11 is 11.8. The number of aryl methyl sites for hydroxylation is 1. The van der Waals surface area contributed by atoms with E-state index in [1.54, 1.807) is 24.3 Å². The van der Waals surface area contributed by atoms with Gasteiger partial charge in [-0.2, -0.15) is 4.98 Å². The van der Waals surface area contributed by atoms with Crippen molar-refractivity contribution in [3.8, 4) is 11.6 Å². The van der Waals surface area contributed by atoms with E-state index in [9.17, 15) is 0 Å². The molecule has 19 heavy (non-hydrogen) atoms. The number of anilines is 1. The Bertz CT molecular complexity index is 570. The maximum Gasteiger partial charge on any atom is 0.224 e. The molecule has 0 fully saturated rings. The molecule has 4 nitrogen and oxygen atoms in total. The third kappa shape index (κ3) is 3.98. The Morgan fingerprint density at radius 3 is 2.42 bits per heavy atom. The first-order chi connectivity index (χ1) is 9.06. The highest BCUT2D eigenvalue weighted by molar-refractivity contribution is 6.34. The predicted octanol–water partition coefficient (Wildman–Crippen LogP) is 4.11. The van der Waals surface area contributed by atoms with E-state index in [4.69, 9.17) is 33.7 Å². The molecule has 0 aliphatic carbocycles. The quantitative estimate of drug-likeness (QED) is 0.922. The highest BCUT2D eigenvalue weighted by atomic mass is 35.5. The second-order valence-electron chi connectivity index (χ2n) is 4.00. The summed E-state index contributed by atoms with van der Waals surface area (Å²) in [6.45, 7) is 2.05. The zero-order valence-corrected chi connectivity index (χ0v) is 11.9. The Morgan fingerprint density at radius 2 is 1.79 bits per heavy atom. The van der Waals surface area contributed by atoms with E-state index < -0.39 is 0 Å². The number of nitrogen functional groups attached to an aromatic ring is 1. The minimum atomic E-state index is 0.376. The number of nitrogens with two attached hydrogens (primary N) is 1. The molecule has 0 atom stereocenters. The molecular formula is C13H13Cl2N3O. The molecule has 0 radical (unpaired) electrons. The summed E-state index contributed by atoms with van der Waals surface area (Å²) in [5.74, 6) is 1.93. The second-order valence-corrected chi connectivity index (χ2v) is 4.88. The zero-order chi connectivity index (χ0) is 13.8. The molecule has 0 aliphatic heterocycles. The average Bonchev–Trinajstić information content (AvgIpc) is 2.26. The third-order valence-electron chi connectivity index (χ3n) is 2.30. The van der Waals surface area contributed by atoms with Crippen molar-refractivity contribution in [3.05, 3.63) is 40.1 Å². The van der Waals surface area contributed by atoms with Crippen molar-refractivity contribution < 1.29 is 4.74 Å². The predicted molar refractivity (Wildman–Crippen MR) is 77.0 cm³/mol. The van der Waals surface area contributed by atoms with Crippen LogP contribution in [0.3, 0.4) is 0 Å². The summed E-state index contributed by atoms with van der Waals surface area (Å²) in [6.07, 6.45) is 1.68. The van der Waals surface area contributed by atoms with E-state index in [0.29, 0.717) is 33.3 Å². The van der Waals surface area contributed by atoms with Crippen LogP contribution in [0.2, 0.25) is 10.0 Å². The first-order valence-electron chi connectivity index (χ1n) is 5.84. The summed E-state index contributed by atoms with van der Waals surface area (Å²) in [5, 5.41) is 0.997. The highest BCUT2D eigenvalue weighted by Crippen LogP contribution is 2.28. The Kier molecular flexibility index (Phi) is 4.45. The number of halogens is 2. The van der Waals surface area contributed by atoms with Crippen molar-refractivity contribution in [1.29, 1.82) is 0 Å². The van der Waals surface area contributed by atoms with Crippen molar-refractivity contribution in [2.45, 2.75) is 19.8 Å². The summed E-state index contributed by atoms with van der Waals surface area (Å²) in [7, 11) is 0. The molecule has 0 unspecified atom stereocenters. The largest absolute Gasteiger partial charge is 0.439 e. The number of aromatic nitrogens is 2. The van der Waals surface area contributed by atoms with Crippen LogP contribution < -0.4 is 10.5 Å². The van der Waals surface area contributed by atoms with E-state index >= 15 is 0 Å². The molecule has 2 N–H and O–H groups in total. The number of benzene rings is 1. The van der Waals surface area contributed by atoms with Gasteiger partial charge in [0.25, 0.3) is 0 Å². The first kappa shape index (κ1) is 13.9. The average molecular weight is 298 g/mol.